The lowest BCUT2D eigenvalue weighted by molar-refractivity contribution is 0.352. The monoisotopic (exact) mass is 293 g/mol. The Morgan fingerprint density at radius 2 is 1.82 bits per heavy atom. The van der Waals surface area contributed by atoms with E-state index in [1.54, 1.807) is 12.4 Å². The van der Waals surface area contributed by atoms with E-state index in [9.17, 15) is 0 Å². The van der Waals surface area contributed by atoms with Gasteiger partial charge in [-0.15, -0.1) is 0 Å². The van der Waals surface area contributed by atoms with Crippen LogP contribution in [0.3, 0.4) is 0 Å². The summed E-state index contributed by atoms with van der Waals surface area (Å²) in [7, 11) is 0. The minimum absolute atomic E-state index is 0.471. The number of pyridine rings is 1. The minimum atomic E-state index is 0.471. The molecule has 0 aliphatic heterocycles. The van der Waals surface area contributed by atoms with E-state index in [1.807, 2.05) is 43.3 Å². The van der Waals surface area contributed by atoms with Crippen molar-refractivity contribution in [3.8, 4) is 28.6 Å². The third-order valence-electron chi connectivity index (χ3n) is 2.95. The molecule has 2 aromatic heterocycles. The second-order valence-corrected chi connectivity index (χ2v) is 4.93. The van der Waals surface area contributed by atoms with Gasteiger partial charge in [0.15, 0.2) is 0 Å². The largest absolute Gasteiger partial charge is 0.489 e. The first kappa shape index (κ1) is 14.0. The molecule has 5 nitrogen and oxygen atoms in total. The molecule has 2 heterocycles. The molecule has 0 N–H and O–H groups in total. The summed E-state index contributed by atoms with van der Waals surface area (Å²) < 4.78 is 10.9. The average molecular weight is 293 g/mol. The highest BCUT2D eigenvalue weighted by Gasteiger charge is 2.10. The fraction of sp³-hybridized carbons (Fsp3) is 0.118. The number of ether oxygens (including phenoxy) is 1. The predicted molar refractivity (Wildman–Crippen MR) is 83.3 cm³/mol. The fourth-order valence-corrected chi connectivity index (χ4v) is 1.86. The van der Waals surface area contributed by atoms with Crippen LogP contribution in [0.15, 0.2) is 65.5 Å². The molecule has 0 bridgehead atoms. The zero-order valence-corrected chi connectivity index (χ0v) is 12.2. The highest BCUT2D eigenvalue weighted by Crippen LogP contribution is 2.23. The standard InChI is InChI=1S/C17H15N3O2/c1-12(2)11-21-15-5-3-14(4-6-15)17-19-16(20-22-17)13-7-9-18-10-8-13/h3-10H,1,11H2,2H3. The van der Waals surface area contributed by atoms with Crippen LogP contribution in [0.2, 0.25) is 0 Å². The molecule has 0 fully saturated rings. The highest BCUT2D eigenvalue weighted by atomic mass is 16.5. The summed E-state index contributed by atoms with van der Waals surface area (Å²) in [6.07, 6.45) is 3.39. The molecular formula is C17H15N3O2. The first-order valence-corrected chi connectivity index (χ1v) is 6.84. The van der Waals surface area contributed by atoms with E-state index in [4.69, 9.17) is 9.26 Å². The molecule has 3 aromatic rings. The lowest BCUT2D eigenvalue weighted by atomic mass is 10.2. The smallest absolute Gasteiger partial charge is 0.258 e. The van der Waals surface area contributed by atoms with Gasteiger partial charge >= 0.3 is 0 Å². The molecule has 110 valence electrons. The van der Waals surface area contributed by atoms with Crippen LogP contribution in [0.4, 0.5) is 0 Å². The summed E-state index contributed by atoms with van der Waals surface area (Å²) in [6.45, 7) is 6.23. The quantitative estimate of drug-likeness (QED) is 0.670. The number of benzene rings is 1. The molecular weight excluding hydrogens is 278 g/mol. The van der Waals surface area contributed by atoms with Gasteiger partial charge in [-0.1, -0.05) is 11.7 Å². The van der Waals surface area contributed by atoms with Crippen LogP contribution in [0.1, 0.15) is 6.92 Å². The van der Waals surface area contributed by atoms with Crippen molar-refractivity contribution in [3.63, 3.8) is 0 Å². The molecule has 3 rings (SSSR count). The lowest BCUT2D eigenvalue weighted by Gasteiger charge is -2.05. The number of aromatic nitrogens is 3. The molecule has 0 amide bonds. The third-order valence-corrected chi connectivity index (χ3v) is 2.95. The maximum atomic E-state index is 5.56. The third kappa shape index (κ3) is 3.20. The Morgan fingerprint density at radius 3 is 2.50 bits per heavy atom. The van der Waals surface area contributed by atoms with Gasteiger partial charge in [0.2, 0.25) is 5.82 Å². The zero-order valence-electron chi connectivity index (χ0n) is 12.2. The summed E-state index contributed by atoms with van der Waals surface area (Å²) in [6, 6.07) is 11.2. The van der Waals surface area contributed by atoms with Crippen molar-refractivity contribution < 1.29 is 9.26 Å². The number of hydrogen-bond donors (Lipinski definition) is 0. The first-order valence-electron chi connectivity index (χ1n) is 6.84. The van der Waals surface area contributed by atoms with Crippen LogP contribution in [-0.2, 0) is 0 Å². The Morgan fingerprint density at radius 1 is 1.09 bits per heavy atom. The summed E-state index contributed by atoms with van der Waals surface area (Å²) in [5, 5.41) is 3.99. The first-order chi connectivity index (χ1) is 10.7. The van der Waals surface area contributed by atoms with E-state index < -0.39 is 0 Å². The van der Waals surface area contributed by atoms with Gasteiger partial charge in [0.05, 0.1) is 0 Å². The summed E-state index contributed by atoms with van der Waals surface area (Å²) in [5.41, 5.74) is 2.69. The van der Waals surface area contributed by atoms with E-state index in [2.05, 4.69) is 21.7 Å². The minimum Gasteiger partial charge on any atom is -0.489 e. The van der Waals surface area contributed by atoms with Crippen molar-refractivity contribution in [2.75, 3.05) is 6.61 Å². The normalized spacial score (nSPS) is 10.4. The summed E-state index contributed by atoms with van der Waals surface area (Å²) in [5.74, 6) is 1.79. The van der Waals surface area contributed by atoms with Crippen molar-refractivity contribution in [1.82, 2.24) is 15.1 Å². The van der Waals surface area contributed by atoms with Crippen LogP contribution >= 0.6 is 0 Å². The molecule has 0 saturated heterocycles. The van der Waals surface area contributed by atoms with Gasteiger partial charge in [-0.05, 0) is 48.9 Å². The maximum Gasteiger partial charge on any atom is 0.258 e. The van der Waals surface area contributed by atoms with E-state index in [1.165, 1.54) is 0 Å². The molecule has 22 heavy (non-hydrogen) atoms. The van der Waals surface area contributed by atoms with Crippen LogP contribution in [0.25, 0.3) is 22.8 Å². The van der Waals surface area contributed by atoms with Crippen molar-refractivity contribution in [3.05, 3.63) is 60.9 Å². The van der Waals surface area contributed by atoms with Gasteiger partial charge < -0.3 is 9.26 Å². The second-order valence-electron chi connectivity index (χ2n) is 4.93. The average Bonchev–Trinajstić information content (AvgIpc) is 3.04. The Labute approximate surface area is 128 Å². The van der Waals surface area contributed by atoms with Gasteiger partial charge in [0.1, 0.15) is 12.4 Å². The van der Waals surface area contributed by atoms with Crippen LogP contribution in [-0.4, -0.2) is 21.7 Å². The molecule has 1 aromatic carbocycles. The van der Waals surface area contributed by atoms with E-state index >= 15 is 0 Å². The predicted octanol–water partition coefficient (Wildman–Crippen LogP) is 3.75. The molecule has 0 aliphatic carbocycles. The van der Waals surface area contributed by atoms with Gasteiger partial charge in [0, 0.05) is 23.5 Å². The maximum absolute atomic E-state index is 5.56. The molecule has 0 saturated carbocycles. The van der Waals surface area contributed by atoms with E-state index in [-0.39, 0.29) is 0 Å². The second kappa shape index (κ2) is 6.22. The highest BCUT2D eigenvalue weighted by molar-refractivity contribution is 5.59. The van der Waals surface area contributed by atoms with Gasteiger partial charge in [-0.2, -0.15) is 4.98 Å². The molecule has 0 spiro atoms. The Kier molecular flexibility index (Phi) is 3.96. The summed E-state index contributed by atoms with van der Waals surface area (Å²) >= 11 is 0. The Hall–Kier alpha value is -2.95. The fourth-order valence-electron chi connectivity index (χ4n) is 1.86. The van der Waals surface area contributed by atoms with Crippen molar-refractivity contribution in [1.29, 1.82) is 0 Å². The van der Waals surface area contributed by atoms with E-state index in [0.717, 1.165) is 22.4 Å². The van der Waals surface area contributed by atoms with Gasteiger partial charge in [-0.25, -0.2) is 0 Å². The SMILES string of the molecule is C=C(C)COc1ccc(-c2nc(-c3ccncc3)no2)cc1. The van der Waals surface area contributed by atoms with Crippen LogP contribution in [0.5, 0.6) is 5.75 Å². The number of nitrogens with zero attached hydrogens (tertiary/aromatic N) is 3. The van der Waals surface area contributed by atoms with Crippen LogP contribution in [0, 0.1) is 0 Å². The molecule has 5 heteroatoms. The zero-order chi connectivity index (χ0) is 15.4. The molecule has 0 radical (unpaired) electrons. The molecule has 0 unspecified atom stereocenters. The van der Waals surface area contributed by atoms with Crippen molar-refractivity contribution in [2.45, 2.75) is 6.92 Å². The Bertz CT molecular complexity index is 764. The van der Waals surface area contributed by atoms with Crippen molar-refractivity contribution in [2.24, 2.45) is 0 Å². The molecule has 0 aliphatic rings. The topological polar surface area (TPSA) is 61.0 Å². The lowest BCUT2D eigenvalue weighted by Crippen LogP contribution is -1.97. The number of rotatable bonds is 5. The summed E-state index contributed by atoms with van der Waals surface area (Å²) in [4.78, 5) is 8.36. The van der Waals surface area contributed by atoms with Gasteiger partial charge in [0.25, 0.3) is 5.89 Å². The van der Waals surface area contributed by atoms with Crippen molar-refractivity contribution >= 4 is 0 Å². The van der Waals surface area contributed by atoms with E-state index in [0.29, 0.717) is 18.3 Å². The Balaban J connectivity index is 1.77. The molecule has 0 atom stereocenters. The van der Waals surface area contributed by atoms with Gasteiger partial charge in [-0.3, -0.25) is 4.98 Å². The number of hydrogen-bond acceptors (Lipinski definition) is 5. The van der Waals surface area contributed by atoms with Crippen LogP contribution < -0.4 is 4.74 Å².